The summed E-state index contributed by atoms with van der Waals surface area (Å²) in [6.45, 7) is 7.01. The molecule has 1 aromatic carbocycles. The van der Waals surface area contributed by atoms with Crippen LogP contribution in [0.2, 0.25) is 0 Å². The SMILES string of the molecule is CC1(C)[C@H](CC(=O)c2ccc3ccoc3c2)C2CCN1CC2. The van der Waals surface area contributed by atoms with Crippen LogP contribution in [0.4, 0.5) is 0 Å². The molecule has 0 N–H and O–H groups in total. The van der Waals surface area contributed by atoms with Gasteiger partial charge < -0.3 is 4.42 Å². The number of hydrogen-bond acceptors (Lipinski definition) is 3. The minimum atomic E-state index is 0.144. The van der Waals surface area contributed by atoms with Gasteiger partial charge in [0.05, 0.1) is 6.26 Å². The average molecular weight is 297 g/mol. The number of ketones is 1. The quantitative estimate of drug-likeness (QED) is 0.799. The van der Waals surface area contributed by atoms with Crippen molar-refractivity contribution in [3.63, 3.8) is 0 Å². The Hall–Kier alpha value is -1.61. The highest BCUT2D eigenvalue weighted by Crippen LogP contribution is 2.45. The van der Waals surface area contributed by atoms with Crippen LogP contribution in [0.25, 0.3) is 11.0 Å². The lowest BCUT2D eigenvalue weighted by Crippen LogP contribution is -2.61. The number of benzene rings is 1. The van der Waals surface area contributed by atoms with Crippen LogP contribution in [0, 0.1) is 11.8 Å². The van der Waals surface area contributed by atoms with Crippen molar-refractivity contribution >= 4 is 16.8 Å². The molecule has 3 fully saturated rings. The molecule has 0 saturated carbocycles. The highest BCUT2D eigenvalue weighted by atomic mass is 16.3. The molecule has 22 heavy (non-hydrogen) atoms. The van der Waals surface area contributed by atoms with E-state index in [1.54, 1.807) is 6.26 Å². The molecule has 0 radical (unpaired) electrons. The van der Waals surface area contributed by atoms with Gasteiger partial charge in [-0.25, -0.2) is 0 Å². The second kappa shape index (κ2) is 4.95. The number of nitrogens with zero attached hydrogens (tertiary/aromatic N) is 1. The minimum Gasteiger partial charge on any atom is -0.464 e. The van der Waals surface area contributed by atoms with E-state index in [9.17, 15) is 4.79 Å². The standard InChI is InChI=1S/C19H23NO2/c1-19(2)16(13-5-8-20(19)9-6-13)12-17(21)15-4-3-14-7-10-22-18(14)11-15/h3-4,7,10-11,13,16H,5-6,8-9,12H2,1-2H3/t16-/m1/s1. The van der Waals surface area contributed by atoms with Crippen molar-refractivity contribution in [2.45, 2.75) is 38.6 Å². The zero-order valence-electron chi connectivity index (χ0n) is 13.3. The van der Waals surface area contributed by atoms with Crippen molar-refractivity contribution in [1.82, 2.24) is 4.90 Å². The highest BCUT2D eigenvalue weighted by Gasteiger charge is 2.47. The molecule has 0 aliphatic carbocycles. The lowest BCUT2D eigenvalue weighted by molar-refractivity contribution is -0.0643. The van der Waals surface area contributed by atoms with Gasteiger partial charge in [0.15, 0.2) is 5.78 Å². The van der Waals surface area contributed by atoms with E-state index in [-0.39, 0.29) is 11.3 Å². The molecule has 3 aliphatic rings. The molecule has 0 spiro atoms. The van der Waals surface area contributed by atoms with Gasteiger partial charge in [-0.3, -0.25) is 9.69 Å². The van der Waals surface area contributed by atoms with E-state index in [0.29, 0.717) is 18.3 Å². The number of hydrogen-bond donors (Lipinski definition) is 0. The molecule has 3 aliphatic heterocycles. The zero-order chi connectivity index (χ0) is 15.3. The molecule has 116 valence electrons. The first-order chi connectivity index (χ1) is 10.6. The molecule has 1 aromatic heterocycles. The van der Waals surface area contributed by atoms with Crippen LogP contribution in [0.15, 0.2) is 34.9 Å². The molecule has 0 amide bonds. The van der Waals surface area contributed by atoms with Crippen molar-refractivity contribution in [2.24, 2.45) is 11.8 Å². The predicted molar refractivity (Wildman–Crippen MR) is 87.0 cm³/mol. The van der Waals surface area contributed by atoms with E-state index in [4.69, 9.17) is 4.42 Å². The molecule has 3 nitrogen and oxygen atoms in total. The Morgan fingerprint density at radius 1 is 1.27 bits per heavy atom. The van der Waals surface area contributed by atoms with Gasteiger partial charge in [-0.1, -0.05) is 12.1 Å². The first-order valence-electron chi connectivity index (χ1n) is 8.31. The lowest BCUT2D eigenvalue weighted by atomic mass is 9.65. The molecular weight excluding hydrogens is 274 g/mol. The van der Waals surface area contributed by atoms with Gasteiger partial charge in [0.2, 0.25) is 0 Å². The summed E-state index contributed by atoms with van der Waals surface area (Å²) in [6, 6.07) is 7.74. The molecule has 1 atom stereocenters. The third-order valence-corrected chi connectivity index (χ3v) is 6.01. The van der Waals surface area contributed by atoms with Crippen molar-refractivity contribution in [3.8, 4) is 0 Å². The maximum absolute atomic E-state index is 12.8. The second-order valence-electron chi connectivity index (χ2n) is 7.39. The topological polar surface area (TPSA) is 33.5 Å². The fourth-order valence-electron chi connectivity index (χ4n) is 4.55. The van der Waals surface area contributed by atoms with E-state index in [2.05, 4.69) is 18.7 Å². The van der Waals surface area contributed by atoms with Gasteiger partial charge in [-0.2, -0.15) is 0 Å². The molecule has 3 saturated heterocycles. The van der Waals surface area contributed by atoms with Crippen molar-refractivity contribution in [3.05, 3.63) is 36.1 Å². The third kappa shape index (κ3) is 2.11. The van der Waals surface area contributed by atoms with E-state index >= 15 is 0 Å². The van der Waals surface area contributed by atoms with E-state index in [1.165, 1.54) is 25.9 Å². The molecule has 5 rings (SSSR count). The van der Waals surface area contributed by atoms with Gasteiger partial charge in [-0.15, -0.1) is 0 Å². The molecular formula is C19H23NO2. The van der Waals surface area contributed by atoms with E-state index in [1.807, 2.05) is 24.3 Å². The first-order valence-corrected chi connectivity index (χ1v) is 8.31. The third-order valence-electron chi connectivity index (χ3n) is 6.01. The van der Waals surface area contributed by atoms with Crippen molar-refractivity contribution < 1.29 is 9.21 Å². The second-order valence-corrected chi connectivity index (χ2v) is 7.39. The maximum atomic E-state index is 12.8. The number of furan rings is 1. The number of Topliss-reactive ketones (excluding diaryl/α,β-unsaturated/α-hetero) is 1. The number of carbonyl (C=O) groups is 1. The lowest BCUT2D eigenvalue weighted by Gasteiger charge is -2.56. The Morgan fingerprint density at radius 2 is 2.05 bits per heavy atom. The largest absolute Gasteiger partial charge is 0.464 e. The normalized spacial score (nSPS) is 29.8. The Labute approximate surface area is 131 Å². The van der Waals surface area contributed by atoms with Crippen LogP contribution in [0.1, 0.15) is 43.5 Å². The van der Waals surface area contributed by atoms with Crippen LogP contribution in [0.5, 0.6) is 0 Å². The number of fused-ring (bicyclic) bond motifs is 4. The first kappa shape index (κ1) is 14.0. The highest BCUT2D eigenvalue weighted by molar-refractivity contribution is 5.99. The molecule has 4 heterocycles. The van der Waals surface area contributed by atoms with E-state index < -0.39 is 0 Å². The molecule has 3 heteroatoms. The van der Waals surface area contributed by atoms with E-state index in [0.717, 1.165) is 16.5 Å². The van der Waals surface area contributed by atoms with Crippen molar-refractivity contribution in [2.75, 3.05) is 13.1 Å². The van der Waals surface area contributed by atoms with Crippen LogP contribution in [-0.2, 0) is 0 Å². The monoisotopic (exact) mass is 297 g/mol. The summed E-state index contributed by atoms with van der Waals surface area (Å²) in [6.07, 6.45) is 4.83. The van der Waals surface area contributed by atoms with Gasteiger partial charge >= 0.3 is 0 Å². The number of carbonyl (C=O) groups excluding carboxylic acids is 1. The molecule has 0 unspecified atom stereocenters. The predicted octanol–water partition coefficient (Wildman–Crippen LogP) is 4.13. The summed E-state index contributed by atoms with van der Waals surface area (Å²) < 4.78 is 5.43. The van der Waals surface area contributed by atoms with Gasteiger partial charge in [0, 0.05) is 22.9 Å². The van der Waals surface area contributed by atoms with Crippen LogP contribution < -0.4 is 0 Å². The Bertz CT molecular complexity index is 707. The summed E-state index contributed by atoms with van der Waals surface area (Å²) in [4.78, 5) is 15.4. The Kier molecular flexibility index (Phi) is 3.15. The molecule has 2 bridgehead atoms. The smallest absolute Gasteiger partial charge is 0.163 e. The fraction of sp³-hybridized carbons (Fsp3) is 0.526. The van der Waals surface area contributed by atoms with Crippen molar-refractivity contribution in [1.29, 1.82) is 0 Å². The van der Waals surface area contributed by atoms with Gasteiger partial charge in [0.1, 0.15) is 5.58 Å². The summed E-state index contributed by atoms with van der Waals surface area (Å²) in [5, 5.41) is 1.06. The van der Waals surface area contributed by atoms with Gasteiger partial charge in [-0.05, 0) is 63.7 Å². The summed E-state index contributed by atoms with van der Waals surface area (Å²) in [5.41, 5.74) is 1.74. The average Bonchev–Trinajstić information content (AvgIpc) is 2.98. The summed E-state index contributed by atoms with van der Waals surface area (Å²) in [7, 11) is 0. The number of piperidine rings is 3. The maximum Gasteiger partial charge on any atom is 0.163 e. The van der Waals surface area contributed by atoms with Crippen LogP contribution >= 0.6 is 0 Å². The van der Waals surface area contributed by atoms with Gasteiger partial charge in [0.25, 0.3) is 0 Å². The van der Waals surface area contributed by atoms with Crippen LogP contribution in [0.3, 0.4) is 0 Å². The minimum absolute atomic E-state index is 0.144. The summed E-state index contributed by atoms with van der Waals surface area (Å²) >= 11 is 0. The number of rotatable bonds is 3. The fourth-order valence-corrected chi connectivity index (χ4v) is 4.55. The zero-order valence-corrected chi connectivity index (χ0v) is 13.3. The molecule has 2 aromatic rings. The summed E-state index contributed by atoms with van der Waals surface area (Å²) in [5.74, 6) is 1.43. The Morgan fingerprint density at radius 3 is 2.77 bits per heavy atom. The van der Waals surface area contributed by atoms with Crippen LogP contribution in [-0.4, -0.2) is 29.3 Å². The Balaban J connectivity index is 1.58.